The van der Waals surface area contributed by atoms with Crippen LogP contribution in [0.25, 0.3) is 0 Å². The van der Waals surface area contributed by atoms with Crippen LogP contribution in [-0.4, -0.2) is 32.3 Å². The number of rotatable bonds is 2. The summed E-state index contributed by atoms with van der Waals surface area (Å²) in [4.78, 5) is 4.54. The van der Waals surface area contributed by atoms with E-state index in [2.05, 4.69) is 9.57 Å². The fourth-order valence-corrected chi connectivity index (χ4v) is 0.835. The maximum atomic E-state index is 11.7. The van der Waals surface area contributed by atoms with E-state index in [-0.39, 0.29) is 5.75 Å². The zero-order valence-electron chi connectivity index (χ0n) is 9.32. The molecule has 96 valence electrons. The lowest BCUT2D eigenvalue weighted by Gasteiger charge is -2.08. The van der Waals surface area contributed by atoms with Crippen LogP contribution in [-0.2, 0) is 4.84 Å². The third kappa shape index (κ3) is 6.64. The highest BCUT2D eigenvalue weighted by Crippen LogP contribution is 2.24. The molecule has 1 heterocycles. The van der Waals surface area contributed by atoms with Gasteiger partial charge < -0.3 is 9.47 Å². The Morgan fingerprint density at radius 1 is 1.18 bits per heavy atom. The Hall–Kier alpha value is -1.47. The Morgan fingerprint density at radius 3 is 1.88 bits per heavy atom. The smallest absolute Gasteiger partial charge is 0.497 e. The number of nitrogens with zero attached hydrogens (tertiary/aromatic N) is 1. The molecule has 1 aliphatic heterocycles. The van der Waals surface area contributed by atoms with Gasteiger partial charge in [0.2, 0.25) is 0 Å². The van der Waals surface area contributed by atoms with Crippen molar-refractivity contribution >= 4 is 0 Å². The Balaban J connectivity index is 0.000000302. The van der Waals surface area contributed by atoms with Crippen LogP contribution in [0, 0.1) is 0 Å². The average Bonchev–Trinajstić information content (AvgIpc) is 3.00. The van der Waals surface area contributed by atoms with E-state index in [4.69, 9.17) is 4.74 Å². The van der Waals surface area contributed by atoms with Gasteiger partial charge in [-0.1, -0.05) is 0 Å². The molecular formula is C10H12F3NO3. The van der Waals surface area contributed by atoms with Crippen molar-refractivity contribution in [2.75, 3.05) is 20.9 Å². The summed E-state index contributed by atoms with van der Waals surface area (Å²) in [7, 11) is 3.32. The largest absolute Gasteiger partial charge is 0.573 e. The van der Waals surface area contributed by atoms with Gasteiger partial charge in [-0.05, 0) is 24.3 Å². The van der Waals surface area contributed by atoms with Gasteiger partial charge in [0.25, 0.3) is 0 Å². The van der Waals surface area contributed by atoms with Crippen LogP contribution in [0.2, 0.25) is 0 Å². The molecule has 1 unspecified atom stereocenters. The van der Waals surface area contributed by atoms with Crippen molar-refractivity contribution in [3.8, 4) is 11.5 Å². The van der Waals surface area contributed by atoms with E-state index in [1.54, 1.807) is 5.06 Å². The van der Waals surface area contributed by atoms with E-state index in [0.717, 1.165) is 6.73 Å². The number of halogens is 3. The Labute approximate surface area is 96.4 Å². The third-order valence-electron chi connectivity index (χ3n) is 1.68. The van der Waals surface area contributed by atoms with E-state index in [0.29, 0.717) is 5.75 Å². The van der Waals surface area contributed by atoms with Crippen molar-refractivity contribution in [3.05, 3.63) is 24.3 Å². The first-order valence-electron chi connectivity index (χ1n) is 4.64. The summed E-state index contributed by atoms with van der Waals surface area (Å²) < 4.78 is 43.4. The third-order valence-corrected chi connectivity index (χ3v) is 1.68. The van der Waals surface area contributed by atoms with Crippen molar-refractivity contribution < 1.29 is 27.5 Å². The summed E-state index contributed by atoms with van der Waals surface area (Å²) >= 11 is 0. The lowest BCUT2D eigenvalue weighted by Crippen LogP contribution is -2.16. The standard InChI is InChI=1S/C8H7F3O2.C2H5NO/c1-12-6-2-4-7(5-3-6)13-8(9,10)11;1-3-2-4-3/h2-5H,1H3;2H2,1H3. The predicted octanol–water partition coefficient (Wildman–Crippen LogP) is 2.41. The molecule has 17 heavy (non-hydrogen) atoms. The van der Waals surface area contributed by atoms with E-state index in [1.165, 1.54) is 31.4 Å². The summed E-state index contributed by atoms with van der Waals surface area (Å²) in [5.41, 5.74) is 0. The summed E-state index contributed by atoms with van der Waals surface area (Å²) in [6.07, 6.45) is -4.64. The fraction of sp³-hybridized carbons (Fsp3) is 0.400. The van der Waals surface area contributed by atoms with Gasteiger partial charge in [0.15, 0.2) is 0 Å². The van der Waals surface area contributed by atoms with Gasteiger partial charge in [-0.15, -0.1) is 13.2 Å². The molecule has 1 atom stereocenters. The van der Waals surface area contributed by atoms with Gasteiger partial charge >= 0.3 is 6.36 Å². The second-order valence-corrected chi connectivity index (χ2v) is 3.11. The minimum absolute atomic E-state index is 0.256. The first-order valence-corrected chi connectivity index (χ1v) is 4.64. The molecule has 0 amide bonds. The first kappa shape index (κ1) is 13.6. The molecule has 1 fully saturated rings. The van der Waals surface area contributed by atoms with Crippen LogP contribution in [0.5, 0.6) is 11.5 Å². The molecule has 2 rings (SSSR count). The van der Waals surface area contributed by atoms with Gasteiger partial charge in [-0.3, -0.25) is 4.84 Å². The van der Waals surface area contributed by atoms with Crippen molar-refractivity contribution in [1.29, 1.82) is 0 Å². The van der Waals surface area contributed by atoms with Gasteiger partial charge in [-0.25, -0.2) is 0 Å². The SMILES string of the molecule is CN1CO1.COc1ccc(OC(F)(F)F)cc1. The number of hydroxylamine groups is 2. The van der Waals surface area contributed by atoms with E-state index >= 15 is 0 Å². The minimum atomic E-state index is -4.64. The molecule has 0 aromatic heterocycles. The highest BCUT2D eigenvalue weighted by molar-refractivity contribution is 5.31. The van der Waals surface area contributed by atoms with Gasteiger partial charge in [0, 0.05) is 7.05 Å². The summed E-state index contributed by atoms with van der Waals surface area (Å²) in [5, 5.41) is 1.75. The van der Waals surface area contributed by atoms with Gasteiger partial charge in [-0.2, -0.15) is 5.06 Å². The first-order chi connectivity index (χ1) is 7.90. The molecule has 1 aromatic carbocycles. The second-order valence-electron chi connectivity index (χ2n) is 3.11. The van der Waals surface area contributed by atoms with Gasteiger partial charge in [0.05, 0.1) is 7.11 Å². The zero-order valence-corrected chi connectivity index (χ0v) is 9.32. The van der Waals surface area contributed by atoms with Crippen LogP contribution in [0.3, 0.4) is 0 Å². The number of ether oxygens (including phenoxy) is 2. The lowest BCUT2D eigenvalue weighted by molar-refractivity contribution is -0.274. The van der Waals surface area contributed by atoms with Crippen LogP contribution in [0.15, 0.2) is 24.3 Å². The number of hydrogen-bond donors (Lipinski definition) is 0. The topological polar surface area (TPSA) is 34.0 Å². The Bertz CT molecular complexity index is 336. The molecule has 1 saturated heterocycles. The fourth-order valence-electron chi connectivity index (χ4n) is 0.835. The Morgan fingerprint density at radius 2 is 1.59 bits per heavy atom. The summed E-state index contributed by atoms with van der Waals surface area (Å²) in [6, 6.07) is 5.15. The van der Waals surface area contributed by atoms with Gasteiger partial charge in [0.1, 0.15) is 18.2 Å². The maximum Gasteiger partial charge on any atom is 0.573 e. The number of methoxy groups -OCH3 is 1. The molecule has 1 aliphatic rings. The lowest BCUT2D eigenvalue weighted by atomic mass is 10.3. The molecule has 0 N–H and O–H groups in total. The zero-order chi connectivity index (χ0) is 12.9. The highest BCUT2D eigenvalue weighted by atomic mass is 19.4. The van der Waals surface area contributed by atoms with Crippen molar-refractivity contribution in [3.63, 3.8) is 0 Å². The molecule has 0 radical (unpaired) electrons. The molecule has 0 spiro atoms. The quantitative estimate of drug-likeness (QED) is 0.756. The molecule has 1 aromatic rings. The van der Waals surface area contributed by atoms with E-state index in [9.17, 15) is 13.2 Å². The van der Waals surface area contributed by atoms with Crippen LogP contribution >= 0.6 is 0 Å². The summed E-state index contributed by atoms with van der Waals surface area (Å²) in [6.45, 7) is 0.819. The van der Waals surface area contributed by atoms with Crippen LogP contribution < -0.4 is 9.47 Å². The second kappa shape index (κ2) is 5.74. The normalized spacial score (nSPS) is 17.8. The number of benzene rings is 1. The molecule has 4 nitrogen and oxygen atoms in total. The predicted molar refractivity (Wildman–Crippen MR) is 53.4 cm³/mol. The number of hydrogen-bond acceptors (Lipinski definition) is 4. The molecule has 0 bridgehead atoms. The van der Waals surface area contributed by atoms with Crippen molar-refractivity contribution in [2.45, 2.75) is 6.36 Å². The number of alkyl halides is 3. The van der Waals surface area contributed by atoms with Crippen molar-refractivity contribution in [2.24, 2.45) is 0 Å². The summed E-state index contributed by atoms with van der Waals surface area (Å²) in [5.74, 6) is 0.225. The Kier molecular flexibility index (Phi) is 4.59. The maximum absolute atomic E-state index is 11.7. The van der Waals surface area contributed by atoms with Crippen LogP contribution in [0.4, 0.5) is 13.2 Å². The molecule has 7 heteroatoms. The molecular weight excluding hydrogens is 239 g/mol. The van der Waals surface area contributed by atoms with Crippen molar-refractivity contribution in [1.82, 2.24) is 5.06 Å². The minimum Gasteiger partial charge on any atom is -0.497 e. The van der Waals surface area contributed by atoms with E-state index < -0.39 is 6.36 Å². The highest BCUT2D eigenvalue weighted by Gasteiger charge is 2.30. The van der Waals surface area contributed by atoms with E-state index in [1.807, 2.05) is 7.05 Å². The molecule has 0 aliphatic carbocycles. The average molecular weight is 251 g/mol. The monoisotopic (exact) mass is 251 g/mol. The molecule has 0 saturated carbocycles. The van der Waals surface area contributed by atoms with Crippen LogP contribution in [0.1, 0.15) is 0 Å².